The fourth-order valence-electron chi connectivity index (χ4n) is 10.0. The molecule has 296 valence electrons. The van der Waals surface area contributed by atoms with Crippen molar-refractivity contribution in [2.45, 2.75) is 123 Å². The molecular weight excluding hydrogens is 696 g/mol. The normalized spacial score (nSPS) is 31.2. The number of allylic oxidation sites excluding steroid dienone is 1. The summed E-state index contributed by atoms with van der Waals surface area (Å²) in [6.07, 6.45) is 4.00. The molecule has 1 aromatic carbocycles. The number of aromatic hydroxyl groups is 1. The maximum atomic E-state index is 13.6. The fourth-order valence-corrected chi connectivity index (χ4v) is 10.0. The zero-order valence-corrected chi connectivity index (χ0v) is 32.0. The van der Waals surface area contributed by atoms with E-state index in [4.69, 9.17) is 9.47 Å². The number of nitrogens with one attached hydrogen (secondary N) is 2. The molecule has 0 heterocycles. The molecule has 3 saturated carbocycles. The summed E-state index contributed by atoms with van der Waals surface area (Å²) in [6, 6.07) is 4.06. The van der Waals surface area contributed by atoms with Crippen LogP contribution in [0.2, 0.25) is 0 Å². The van der Waals surface area contributed by atoms with Crippen molar-refractivity contribution in [3.63, 3.8) is 0 Å². The third kappa shape index (κ3) is 8.12. The highest BCUT2D eigenvalue weighted by Gasteiger charge is 2.68. The Kier molecular flexibility index (Phi) is 12.4. The average Bonchev–Trinajstić information content (AvgIpc) is 3.39. The quantitative estimate of drug-likeness (QED) is 0.175. The number of fused-ring (bicyclic) bond motifs is 5. The van der Waals surface area contributed by atoms with Gasteiger partial charge in [-0.1, -0.05) is 45.4 Å². The second kappa shape index (κ2) is 16.3. The largest absolute Gasteiger partial charge is 0.508 e. The number of benzene rings is 1. The molecule has 3 fully saturated rings. The summed E-state index contributed by atoms with van der Waals surface area (Å²) in [6.45, 7) is 8.49. The van der Waals surface area contributed by atoms with Gasteiger partial charge in [-0.05, 0) is 98.3 Å². The van der Waals surface area contributed by atoms with Crippen LogP contribution in [0.4, 0.5) is 0 Å². The number of hydrogen-bond donors (Lipinski definition) is 5. The van der Waals surface area contributed by atoms with Crippen molar-refractivity contribution in [1.82, 2.24) is 10.6 Å². The first-order valence-electron chi connectivity index (χ1n) is 19.3. The van der Waals surface area contributed by atoms with Crippen molar-refractivity contribution in [3.05, 3.63) is 41.5 Å². The third-order valence-electron chi connectivity index (χ3n) is 13.0. The van der Waals surface area contributed by atoms with Gasteiger partial charge in [-0.3, -0.25) is 24.0 Å². The van der Waals surface area contributed by atoms with E-state index in [1.165, 1.54) is 12.1 Å². The lowest BCUT2D eigenvalue weighted by Crippen LogP contribution is -2.62. The molecule has 5 rings (SSSR count). The van der Waals surface area contributed by atoms with Gasteiger partial charge in [0.25, 0.3) is 0 Å². The fraction of sp³-hybridized carbons (Fsp3) is 0.659. The van der Waals surface area contributed by atoms with Crippen molar-refractivity contribution in [3.8, 4) is 5.75 Å². The number of aliphatic hydroxyl groups is 2. The van der Waals surface area contributed by atoms with Crippen molar-refractivity contribution < 1.29 is 53.6 Å². The molecule has 2 amide bonds. The monoisotopic (exact) mass is 752 g/mol. The molecule has 9 atom stereocenters. The lowest BCUT2D eigenvalue weighted by atomic mass is 9.45. The van der Waals surface area contributed by atoms with Crippen LogP contribution >= 0.6 is 0 Å². The molecule has 0 radical (unpaired) electrons. The zero-order chi connectivity index (χ0) is 39.6. The number of phenolic OH excluding ortho intramolecular Hbond substituents is 1. The van der Waals surface area contributed by atoms with Crippen LogP contribution in [0, 0.1) is 34.5 Å². The molecule has 5 N–H and O–H groups in total. The molecule has 4 aliphatic carbocycles. The van der Waals surface area contributed by atoms with E-state index < -0.39 is 65.3 Å². The number of Topliss-reactive ketones (excluding diaryl/α,β-unsaturated/α-hetero) is 1. The standard InChI is InChI=1S/C41H56N2O11/c1-6-53-38(51)30(19-24-7-10-26(44)11-8-24)42-37(50)36(23(2)3)43-33(48)13-14-34(49)54-22-32(47)41(52)18-16-29-28-12-9-25-20-27(45)15-17-39(25,4)35(28)31(46)21-40(29,41)5/h7-8,10-11,20,23,28-31,35-36,44,46,52H,6,9,12-19,21-22H2,1-5H3,(H,42,50)(H,43,48)/t28-,29-,30-,31-,35+,36+,39-,40-,41-/m0/s1. The number of hydrogen-bond acceptors (Lipinski definition) is 11. The lowest BCUT2D eigenvalue weighted by molar-refractivity contribution is -0.184. The van der Waals surface area contributed by atoms with Crippen molar-refractivity contribution >= 4 is 35.3 Å². The van der Waals surface area contributed by atoms with Gasteiger partial charge in [-0.25, -0.2) is 4.79 Å². The predicted octanol–water partition coefficient (Wildman–Crippen LogP) is 3.25. The Balaban J connectivity index is 1.14. The highest BCUT2D eigenvalue weighted by molar-refractivity contribution is 5.93. The molecule has 0 bridgehead atoms. The second-order valence-corrected chi connectivity index (χ2v) is 16.5. The van der Waals surface area contributed by atoms with Crippen LogP contribution in [0.25, 0.3) is 0 Å². The van der Waals surface area contributed by atoms with E-state index in [1.54, 1.807) is 39.0 Å². The first-order valence-corrected chi connectivity index (χ1v) is 19.3. The number of ketones is 2. The Morgan fingerprint density at radius 1 is 0.963 bits per heavy atom. The van der Waals surface area contributed by atoms with Crippen LogP contribution in [-0.4, -0.2) is 87.6 Å². The summed E-state index contributed by atoms with van der Waals surface area (Å²) in [5.41, 5.74) is -1.27. The van der Waals surface area contributed by atoms with Crippen LogP contribution in [0.15, 0.2) is 35.9 Å². The summed E-state index contributed by atoms with van der Waals surface area (Å²) in [7, 11) is 0. The molecular formula is C41H56N2O11. The molecule has 0 spiro atoms. The number of phenols is 1. The van der Waals surface area contributed by atoms with E-state index in [9.17, 15) is 44.1 Å². The third-order valence-corrected chi connectivity index (χ3v) is 13.0. The minimum Gasteiger partial charge on any atom is -0.508 e. The van der Waals surface area contributed by atoms with Gasteiger partial charge in [-0.15, -0.1) is 0 Å². The van der Waals surface area contributed by atoms with Gasteiger partial charge >= 0.3 is 11.9 Å². The molecule has 4 aliphatic rings. The second-order valence-electron chi connectivity index (χ2n) is 16.5. The Morgan fingerprint density at radius 2 is 1.67 bits per heavy atom. The van der Waals surface area contributed by atoms with E-state index in [2.05, 4.69) is 17.6 Å². The van der Waals surface area contributed by atoms with E-state index in [0.29, 0.717) is 24.8 Å². The van der Waals surface area contributed by atoms with E-state index in [1.807, 2.05) is 6.92 Å². The maximum Gasteiger partial charge on any atom is 0.328 e. The van der Waals surface area contributed by atoms with Crippen LogP contribution in [0.5, 0.6) is 5.75 Å². The molecule has 13 heteroatoms. The Labute approximate surface area is 316 Å². The van der Waals surface area contributed by atoms with Crippen molar-refractivity contribution in [2.24, 2.45) is 34.5 Å². The highest BCUT2D eigenvalue weighted by Crippen LogP contribution is 2.67. The first-order chi connectivity index (χ1) is 25.4. The number of amides is 2. The molecule has 54 heavy (non-hydrogen) atoms. The Hall–Kier alpha value is -4.10. The van der Waals surface area contributed by atoms with Crippen LogP contribution in [-0.2, 0) is 44.7 Å². The first kappa shape index (κ1) is 41.1. The Morgan fingerprint density at radius 3 is 2.33 bits per heavy atom. The lowest BCUT2D eigenvalue weighted by Gasteiger charge is -2.60. The average molecular weight is 753 g/mol. The summed E-state index contributed by atoms with van der Waals surface area (Å²) >= 11 is 0. The summed E-state index contributed by atoms with van der Waals surface area (Å²) in [4.78, 5) is 77.5. The van der Waals surface area contributed by atoms with Crippen molar-refractivity contribution in [1.29, 1.82) is 0 Å². The van der Waals surface area contributed by atoms with Crippen molar-refractivity contribution in [2.75, 3.05) is 13.2 Å². The van der Waals surface area contributed by atoms with Gasteiger partial charge in [0.1, 0.15) is 23.4 Å². The van der Waals surface area contributed by atoms with Gasteiger partial charge in [0, 0.05) is 24.7 Å². The van der Waals surface area contributed by atoms with E-state index in [0.717, 1.165) is 18.4 Å². The van der Waals surface area contributed by atoms with Crippen LogP contribution in [0.3, 0.4) is 0 Å². The predicted molar refractivity (Wildman–Crippen MR) is 195 cm³/mol. The Bertz CT molecular complexity index is 1660. The van der Waals surface area contributed by atoms with Gasteiger partial charge in [0.05, 0.1) is 19.1 Å². The number of carbonyl (C=O) groups is 6. The molecule has 0 aliphatic heterocycles. The minimum atomic E-state index is -1.80. The van der Waals surface area contributed by atoms with Gasteiger partial charge in [0.2, 0.25) is 17.6 Å². The number of rotatable bonds is 14. The summed E-state index contributed by atoms with van der Waals surface area (Å²) < 4.78 is 10.4. The molecule has 0 unspecified atom stereocenters. The van der Waals surface area contributed by atoms with E-state index >= 15 is 0 Å². The number of carbonyl (C=O) groups excluding carboxylic acids is 6. The smallest absolute Gasteiger partial charge is 0.328 e. The molecule has 1 aromatic rings. The molecule has 0 saturated heterocycles. The van der Waals surface area contributed by atoms with Gasteiger partial charge < -0.3 is 35.4 Å². The number of aliphatic hydroxyl groups excluding tert-OH is 1. The van der Waals surface area contributed by atoms with Crippen LogP contribution in [0.1, 0.15) is 98.0 Å². The highest BCUT2D eigenvalue weighted by atomic mass is 16.5. The van der Waals surface area contributed by atoms with Gasteiger partial charge in [0.15, 0.2) is 12.4 Å². The topological polar surface area (TPSA) is 206 Å². The summed E-state index contributed by atoms with van der Waals surface area (Å²) in [5, 5.41) is 38.5. The number of ether oxygens (including phenoxy) is 2. The summed E-state index contributed by atoms with van der Waals surface area (Å²) in [5.74, 6) is -3.58. The molecule has 13 nitrogen and oxygen atoms in total. The zero-order valence-electron chi connectivity index (χ0n) is 32.0. The minimum absolute atomic E-state index is 0.0262. The van der Waals surface area contributed by atoms with Crippen LogP contribution < -0.4 is 10.6 Å². The SMILES string of the molecule is CCOC(=O)[C@H](Cc1ccc(O)cc1)NC(=O)[C@H](NC(=O)CCC(=O)OCC(=O)[C@@]1(O)CC[C@H]2[C@@H]3CCC4=CC(=O)CC[C@]4(C)[C@H]3[C@@H](O)C[C@@]21C)C(C)C. The van der Waals surface area contributed by atoms with E-state index in [-0.39, 0.29) is 79.3 Å². The van der Waals surface area contributed by atoms with Gasteiger partial charge in [-0.2, -0.15) is 0 Å². The number of esters is 2. The molecule has 0 aromatic heterocycles. The maximum absolute atomic E-state index is 13.6.